The van der Waals surface area contributed by atoms with Crippen LogP contribution in [0.3, 0.4) is 0 Å². The lowest BCUT2D eigenvalue weighted by Gasteiger charge is -2.42. The third kappa shape index (κ3) is 6.53. The van der Waals surface area contributed by atoms with Crippen molar-refractivity contribution >= 4 is 16.0 Å². The summed E-state index contributed by atoms with van der Waals surface area (Å²) in [5, 5.41) is 0.695. The lowest BCUT2D eigenvalue weighted by atomic mass is 9.91. The highest BCUT2D eigenvalue weighted by Crippen LogP contribution is 2.64. The second kappa shape index (κ2) is 11.7. The maximum atomic E-state index is 13.5. The van der Waals surface area contributed by atoms with Gasteiger partial charge in [-0.25, -0.2) is 17.9 Å². The van der Waals surface area contributed by atoms with E-state index in [4.69, 9.17) is 5.11 Å². The molecule has 0 bridgehead atoms. The van der Waals surface area contributed by atoms with Crippen molar-refractivity contribution in [1.29, 1.82) is 0 Å². The Bertz CT molecular complexity index is 1020. The maximum absolute atomic E-state index is 13.5. The van der Waals surface area contributed by atoms with Crippen LogP contribution in [0.1, 0.15) is 33.6 Å². The van der Waals surface area contributed by atoms with Gasteiger partial charge in [-0.1, -0.05) is 19.9 Å². The van der Waals surface area contributed by atoms with Crippen LogP contribution in [0.4, 0.5) is 74.6 Å². The van der Waals surface area contributed by atoms with Crippen molar-refractivity contribution in [3.05, 3.63) is 12.2 Å². The van der Waals surface area contributed by atoms with Crippen molar-refractivity contribution in [3.63, 3.8) is 0 Å². The van der Waals surface area contributed by atoms with Crippen molar-refractivity contribution in [2.45, 2.75) is 86.6 Å². The van der Waals surface area contributed by atoms with Gasteiger partial charge in [0.2, 0.25) is 0 Å². The first-order valence-electron chi connectivity index (χ1n) is 9.74. The molecule has 0 rings (SSSR count). The molecule has 0 atom stereocenters. The molecule has 0 fully saturated rings. The first kappa shape index (κ1) is 40.1. The first-order chi connectivity index (χ1) is 17.1. The summed E-state index contributed by atoms with van der Waals surface area (Å²) in [6.45, 7) is 6.39. The molecule has 240 valence electrons. The number of carboxylic acids is 1. The molecule has 0 spiro atoms. The van der Waals surface area contributed by atoms with E-state index in [0.29, 0.717) is 30.6 Å². The SMILES string of the molecule is C=C(CCC)C(=O)O.CC(C)NS(=O)(=O)C(F)(F)C(F)(F)C(F)(F)C(F)(F)C(F)(F)C(F)(F)C(F)(F)C(F)(F)F. The van der Waals surface area contributed by atoms with Crippen LogP contribution in [0, 0.1) is 0 Å². The molecule has 0 amide bonds. The molecule has 40 heavy (non-hydrogen) atoms. The van der Waals surface area contributed by atoms with Gasteiger partial charge >= 0.3 is 52.9 Å². The standard InChI is InChI=1S/C11H8F17NO2S.C6H10O2/c1-3(2)29-32(30,31)11(27,28)9(22,23)7(18,19)5(14,15)4(12,13)6(16,17)8(20,21)10(24,25)26;1-3-4-5(2)6(7)8/h3,29H,1-2H3;2-4H2,1H3,(H,7,8). The van der Waals surface area contributed by atoms with E-state index in [1.807, 2.05) is 6.92 Å². The fourth-order valence-corrected chi connectivity index (χ4v) is 3.35. The topological polar surface area (TPSA) is 83.5 Å². The normalized spacial score (nSPS) is 15.0. The van der Waals surface area contributed by atoms with Crippen molar-refractivity contribution in [2.75, 3.05) is 0 Å². The van der Waals surface area contributed by atoms with Gasteiger partial charge in [-0.15, -0.1) is 0 Å². The van der Waals surface area contributed by atoms with E-state index in [2.05, 4.69) is 6.58 Å². The molecule has 0 heterocycles. The molecule has 23 heteroatoms. The lowest BCUT2D eigenvalue weighted by Crippen LogP contribution is -2.75. The summed E-state index contributed by atoms with van der Waals surface area (Å²) in [6.07, 6.45) is -6.41. The molecule has 0 unspecified atom stereocenters. The smallest absolute Gasteiger partial charge is 0.460 e. The fraction of sp³-hybridized carbons (Fsp3) is 0.824. The molecule has 0 aliphatic rings. The summed E-state index contributed by atoms with van der Waals surface area (Å²) in [6, 6.07) is -1.87. The van der Waals surface area contributed by atoms with Crippen LogP contribution in [0.2, 0.25) is 0 Å². The number of hydrogen-bond acceptors (Lipinski definition) is 3. The zero-order valence-corrected chi connectivity index (χ0v) is 20.5. The number of nitrogens with one attached hydrogen (secondary N) is 1. The minimum Gasteiger partial charge on any atom is -0.478 e. The van der Waals surface area contributed by atoms with E-state index < -0.39 is 69.0 Å². The predicted molar refractivity (Wildman–Crippen MR) is 99.6 cm³/mol. The number of alkyl halides is 17. The van der Waals surface area contributed by atoms with Gasteiger partial charge in [0, 0.05) is 11.6 Å². The van der Waals surface area contributed by atoms with E-state index in [9.17, 15) is 87.8 Å². The molecular weight excluding hydrogens is 637 g/mol. The molecule has 0 aromatic heterocycles. The van der Waals surface area contributed by atoms with Gasteiger partial charge in [-0.3, -0.25) is 0 Å². The van der Waals surface area contributed by atoms with E-state index in [1.54, 1.807) is 0 Å². The van der Waals surface area contributed by atoms with Crippen LogP contribution < -0.4 is 4.72 Å². The minimum absolute atomic E-state index is 0.299. The fourth-order valence-electron chi connectivity index (χ4n) is 2.11. The van der Waals surface area contributed by atoms with E-state index >= 15 is 0 Å². The van der Waals surface area contributed by atoms with Crippen molar-refractivity contribution in [3.8, 4) is 0 Å². The molecule has 0 aliphatic heterocycles. The summed E-state index contributed by atoms with van der Waals surface area (Å²) < 4.78 is 244. The van der Waals surface area contributed by atoms with Gasteiger partial charge in [0.25, 0.3) is 10.0 Å². The largest absolute Gasteiger partial charge is 0.478 e. The molecule has 0 aromatic carbocycles. The van der Waals surface area contributed by atoms with Crippen LogP contribution in [0.15, 0.2) is 12.2 Å². The Morgan fingerprint density at radius 2 is 1.00 bits per heavy atom. The van der Waals surface area contributed by atoms with Crippen molar-refractivity contribution in [2.24, 2.45) is 0 Å². The quantitative estimate of drug-likeness (QED) is 0.181. The van der Waals surface area contributed by atoms with Gasteiger partial charge in [-0.05, 0) is 20.3 Å². The van der Waals surface area contributed by atoms with E-state index in [-0.39, 0.29) is 0 Å². The first-order valence-corrected chi connectivity index (χ1v) is 11.2. The van der Waals surface area contributed by atoms with Crippen molar-refractivity contribution < 1.29 is 93.0 Å². The average Bonchev–Trinajstić information content (AvgIpc) is 2.71. The Kier molecular flexibility index (Phi) is 11.7. The molecule has 0 saturated heterocycles. The van der Waals surface area contributed by atoms with Gasteiger partial charge in [0.1, 0.15) is 0 Å². The van der Waals surface area contributed by atoms with Gasteiger partial charge in [0.05, 0.1) is 0 Å². The number of hydrogen-bond donors (Lipinski definition) is 2. The summed E-state index contributed by atoms with van der Waals surface area (Å²) in [5.41, 5.74) is 0.299. The number of aliphatic carboxylic acids is 1. The van der Waals surface area contributed by atoms with Gasteiger partial charge < -0.3 is 5.11 Å². The highest BCUT2D eigenvalue weighted by atomic mass is 32.2. The number of halogens is 17. The summed E-state index contributed by atoms with van der Waals surface area (Å²) in [7, 11) is -7.20. The average molecular weight is 655 g/mol. The van der Waals surface area contributed by atoms with Gasteiger partial charge in [0.15, 0.2) is 0 Å². The second-order valence-corrected chi connectivity index (χ2v) is 9.65. The number of rotatable bonds is 12. The Morgan fingerprint density at radius 1 is 0.700 bits per heavy atom. The Labute approximate surface area is 213 Å². The Balaban J connectivity index is 0. The highest BCUT2D eigenvalue weighted by Gasteiger charge is 2.96. The van der Waals surface area contributed by atoms with E-state index in [0.717, 1.165) is 6.42 Å². The molecule has 2 N–H and O–H groups in total. The zero-order chi connectivity index (χ0) is 33.4. The Morgan fingerprint density at radius 3 is 1.23 bits per heavy atom. The second-order valence-electron chi connectivity index (χ2n) is 7.90. The number of carboxylic acid groups (broad SMARTS) is 1. The summed E-state index contributed by atoms with van der Waals surface area (Å²) in [5.74, 6) is -52.4. The zero-order valence-electron chi connectivity index (χ0n) is 19.7. The molecule has 5 nitrogen and oxygen atoms in total. The predicted octanol–water partition coefficient (Wildman–Crippen LogP) is 6.71. The number of carbonyl (C=O) groups is 1. The summed E-state index contributed by atoms with van der Waals surface area (Å²) >= 11 is 0. The summed E-state index contributed by atoms with van der Waals surface area (Å²) in [4.78, 5) is 9.99. The number of sulfonamides is 1. The molecular formula is C17H18F17NO4S. The van der Waals surface area contributed by atoms with Gasteiger partial charge in [-0.2, -0.15) is 74.6 Å². The maximum Gasteiger partial charge on any atom is 0.460 e. The minimum atomic E-state index is -8.82. The molecule has 0 aliphatic carbocycles. The van der Waals surface area contributed by atoms with Crippen molar-refractivity contribution in [1.82, 2.24) is 4.72 Å². The molecule has 0 aromatic rings. The monoisotopic (exact) mass is 655 g/mol. The third-order valence-corrected chi connectivity index (χ3v) is 5.99. The lowest BCUT2D eigenvalue weighted by molar-refractivity contribution is -0.458. The van der Waals surface area contributed by atoms with Crippen LogP contribution in [-0.4, -0.2) is 72.5 Å². The van der Waals surface area contributed by atoms with E-state index in [1.165, 1.54) is 0 Å². The molecule has 0 radical (unpaired) electrons. The third-order valence-electron chi connectivity index (χ3n) is 4.28. The Hall–Kier alpha value is -2.07. The molecule has 0 saturated carbocycles. The van der Waals surface area contributed by atoms with Crippen LogP contribution in [0.5, 0.6) is 0 Å². The van der Waals surface area contributed by atoms with Crippen LogP contribution >= 0.6 is 0 Å². The highest BCUT2D eigenvalue weighted by molar-refractivity contribution is 7.90. The van der Waals surface area contributed by atoms with Crippen LogP contribution in [-0.2, 0) is 14.8 Å². The van der Waals surface area contributed by atoms with Crippen LogP contribution in [0.25, 0.3) is 0 Å².